The first-order valence-electron chi connectivity index (χ1n) is 13.5. The van der Waals surface area contributed by atoms with Gasteiger partial charge in [-0.3, -0.25) is 9.59 Å². The molecule has 2 aromatic carbocycles. The molecule has 4 saturated carbocycles. The smallest absolute Gasteiger partial charge is 0.312 e. The molecule has 5 nitrogen and oxygen atoms in total. The zero-order valence-corrected chi connectivity index (χ0v) is 22.3. The number of methoxy groups -OCH3 is 1. The number of rotatable bonds is 7. The minimum atomic E-state index is -0.655. The molecule has 0 amide bonds. The van der Waals surface area contributed by atoms with Gasteiger partial charge in [0.15, 0.2) is 6.61 Å². The highest BCUT2D eigenvalue weighted by molar-refractivity contribution is 5.99. The molecular formula is C32H34FNO4. The summed E-state index contributed by atoms with van der Waals surface area (Å²) in [4.78, 5) is 26.9. The Kier molecular flexibility index (Phi) is 5.97. The lowest BCUT2D eigenvalue weighted by Crippen LogP contribution is -2.57. The van der Waals surface area contributed by atoms with E-state index in [1.165, 1.54) is 13.2 Å². The predicted molar refractivity (Wildman–Crippen MR) is 142 cm³/mol. The van der Waals surface area contributed by atoms with Crippen LogP contribution in [-0.2, 0) is 14.9 Å². The molecule has 0 radical (unpaired) electrons. The van der Waals surface area contributed by atoms with Gasteiger partial charge < -0.3 is 14.0 Å². The van der Waals surface area contributed by atoms with Crippen molar-refractivity contribution in [2.75, 3.05) is 13.7 Å². The second-order valence-electron chi connectivity index (χ2n) is 11.8. The van der Waals surface area contributed by atoms with Crippen molar-refractivity contribution in [2.45, 2.75) is 57.8 Å². The Labute approximate surface area is 223 Å². The first-order chi connectivity index (χ1) is 18.2. The molecule has 7 rings (SSSR count). The Bertz CT molecular complexity index is 1390. The number of ether oxygens (including phenoxy) is 2. The van der Waals surface area contributed by atoms with Crippen molar-refractivity contribution in [3.05, 3.63) is 82.9 Å². The van der Waals surface area contributed by atoms with Crippen LogP contribution in [0.3, 0.4) is 0 Å². The standard InChI is InChI=1S/C32H34FNO4/c1-20-11-26(21(2)34(20)24-7-5-4-6-8-24)29(35)18-38-30(36)32-16-22-12-23(17-32)15-31(14-22,19-32)27-10-9-25(37-3)13-28(27)33/h4-11,13,22-23H,12,14-19H2,1-3H3/t22-,23-,31?,32?/m1/s1. The van der Waals surface area contributed by atoms with E-state index in [-0.39, 0.29) is 29.6 Å². The average molecular weight is 516 g/mol. The van der Waals surface area contributed by atoms with E-state index < -0.39 is 5.41 Å². The van der Waals surface area contributed by atoms with Crippen LogP contribution in [0.4, 0.5) is 4.39 Å². The Morgan fingerprint density at radius 2 is 1.71 bits per heavy atom. The highest BCUT2D eigenvalue weighted by atomic mass is 19.1. The fourth-order valence-corrected chi connectivity index (χ4v) is 8.25. The molecule has 0 saturated heterocycles. The van der Waals surface area contributed by atoms with Crippen LogP contribution in [0.2, 0.25) is 0 Å². The molecule has 6 heteroatoms. The van der Waals surface area contributed by atoms with Gasteiger partial charge >= 0.3 is 5.97 Å². The van der Waals surface area contributed by atoms with Gasteiger partial charge in [-0.1, -0.05) is 24.3 Å². The number of aryl methyl sites for hydroxylation is 1. The second kappa shape index (κ2) is 9.11. The lowest BCUT2D eigenvalue weighted by atomic mass is 9.43. The number of halogens is 1. The minimum absolute atomic E-state index is 0.200. The summed E-state index contributed by atoms with van der Waals surface area (Å²) >= 11 is 0. The number of nitrogens with zero attached hydrogens (tertiary/aromatic N) is 1. The lowest BCUT2D eigenvalue weighted by molar-refractivity contribution is -0.173. The highest BCUT2D eigenvalue weighted by Crippen LogP contribution is 2.66. The molecule has 198 valence electrons. The normalized spacial score (nSPS) is 27.4. The van der Waals surface area contributed by atoms with Crippen LogP contribution < -0.4 is 4.74 Å². The van der Waals surface area contributed by atoms with Crippen LogP contribution in [0.15, 0.2) is 54.6 Å². The van der Waals surface area contributed by atoms with Crippen molar-refractivity contribution < 1.29 is 23.5 Å². The SMILES string of the molecule is COc1ccc(C23C[C@H]4C[C@@H](CC(C(=O)OCC(=O)c5cc(C)n(-c6ccccc6)c5C)(C4)C2)C3)c(F)c1. The quantitative estimate of drug-likeness (QED) is 0.266. The number of hydrogen-bond donors (Lipinski definition) is 0. The number of hydrogen-bond acceptors (Lipinski definition) is 4. The van der Waals surface area contributed by atoms with Gasteiger partial charge in [-0.25, -0.2) is 4.39 Å². The van der Waals surface area contributed by atoms with Crippen molar-refractivity contribution in [3.63, 3.8) is 0 Å². The Hall–Kier alpha value is -3.41. The molecule has 38 heavy (non-hydrogen) atoms. The molecule has 0 unspecified atom stereocenters. The summed E-state index contributed by atoms with van der Waals surface area (Å²) < 4.78 is 28.3. The fourth-order valence-electron chi connectivity index (χ4n) is 8.25. The van der Waals surface area contributed by atoms with Crippen molar-refractivity contribution >= 4 is 11.8 Å². The number of esters is 1. The highest BCUT2D eigenvalue weighted by Gasteiger charge is 2.62. The van der Waals surface area contributed by atoms with Gasteiger partial charge in [0.05, 0.1) is 12.5 Å². The van der Waals surface area contributed by atoms with E-state index in [4.69, 9.17) is 9.47 Å². The summed E-state index contributed by atoms with van der Waals surface area (Å²) in [6.45, 7) is 3.61. The molecule has 4 bridgehead atoms. The maximum atomic E-state index is 15.3. The number of carbonyl (C=O) groups excluding carboxylic acids is 2. The van der Waals surface area contributed by atoms with E-state index in [9.17, 15) is 9.59 Å². The van der Waals surface area contributed by atoms with E-state index in [1.54, 1.807) is 0 Å². The van der Waals surface area contributed by atoms with Gasteiger partial charge in [-0.15, -0.1) is 0 Å². The van der Waals surface area contributed by atoms with Crippen LogP contribution in [0.1, 0.15) is 65.8 Å². The van der Waals surface area contributed by atoms with Crippen molar-refractivity contribution in [3.8, 4) is 11.4 Å². The van der Waals surface area contributed by atoms with E-state index in [0.717, 1.165) is 49.2 Å². The van der Waals surface area contributed by atoms with Crippen molar-refractivity contribution in [2.24, 2.45) is 17.3 Å². The Balaban J connectivity index is 1.22. The zero-order chi connectivity index (χ0) is 26.7. The molecule has 0 aliphatic heterocycles. The zero-order valence-electron chi connectivity index (χ0n) is 22.3. The first-order valence-corrected chi connectivity index (χ1v) is 13.5. The van der Waals surface area contributed by atoms with E-state index in [2.05, 4.69) is 0 Å². The largest absolute Gasteiger partial charge is 0.497 e. The third-order valence-electron chi connectivity index (χ3n) is 9.32. The van der Waals surface area contributed by atoms with E-state index in [0.29, 0.717) is 35.1 Å². The van der Waals surface area contributed by atoms with Gasteiger partial charge in [0.2, 0.25) is 5.78 Å². The number of Topliss-reactive ketones (excluding diaryl/α,β-unsaturated/α-hetero) is 1. The first kappa shape index (κ1) is 24.9. The van der Waals surface area contributed by atoms with Crippen LogP contribution in [0.25, 0.3) is 5.69 Å². The minimum Gasteiger partial charge on any atom is -0.497 e. The lowest BCUT2D eigenvalue weighted by Gasteiger charge is -2.61. The molecule has 0 spiro atoms. The molecule has 0 N–H and O–H groups in total. The monoisotopic (exact) mass is 515 g/mol. The van der Waals surface area contributed by atoms with E-state index >= 15 is 4.39 Å². The predicted octanol–water partition coefficient (Wildman–Crippen LogP) is 6.51. The molecular weight excluding hydrogens is 481 g/mol. The molecule has 1 aromatic heterocycles. The number of aromatic nitrogens is 1. The summed E-state index contributed by atoms with van der Waals surface area (Å²) in [6.07, 6.45) is 4.97. The Morgan fingerprint density at radius 3 is 2.37 bits per heavy atom. The maximum absolute atomic E-state index is 15.3. The second-order valence-corrected chi connectivity index (χ2v) is 11.8. The third kappa shape index (κ3) is 3.96. The maximum Gasteiger partial charge on any atom is 0.312 e. The van der Waals surface area contributed by atoms with Crippen LogP contribution in [0.5, 0.6) is 5.75 Å². The number of ketones is 1. The third-order valence-corrected chi connectivity index (χ3v) is 9.32. The summed E-state index contributed by atoms with van der Waals surface area (Å²) in [7, 11) is 1.53. The summed E-state index contributed by atoms with van der Waals surface area (Å²) in [6, 6.07) is 16.9. The number of carbonyl (C=O) groups is 2. The topological polar surface area (TPSA) is 57.5 Å². The van der Waals surface area contributed by atoms with Crippen LogP contribution in [0, 0.1) is 36.9 Å². The van der Waals surface area contributed by atoms with Gasteiger partial charge in [0.1, 0.15) is 11.6 Å². The van der Waals surface area contributed by atoms with Gasteiger partial charge in [0, 0.05) is 28.7 Å². The van der Waals surface area contributed by atoms with Crippen molar-refractivity contribution in [1.29, 1.82) is 0 Å². The fraction of sp³-hybridized carbons (Fsp3) is 0.438. The van der Waals surface area contributed by atoms with Crippen LogP contribution in [-0.4, -0.2) is 30.0 Å². The van der Waals surface area contributed by atoms with Crippen molar-refractivity contribution in [1.82, 2.24) is 4.57 Å². The van der Waals surface area contributed by atoms with Gasteiger partial charge in [-0.05, 0) is 99.5 Å². The number of para-hydroxylation sites is 1. The molecule has 4 aliphatic carbocycles. The van der Waals surface area contributed by atoms with Gasteiger partial charge in [-0.2, -0.15) is 0 Å². The molecule has 2 atom stereocenters. The molecule has 1 heterocycles. The van der Waals surface area contributed by atoms with Crippen LogP contribution >= 0.6 is 0 Å². The molecule has 4 fully saturated rings. The summed E-state index contributed by atoms with van der Waals surface area (Å²) in [5.74, 6) is 0.468. The summed E-state index contributed by atoms with van der Waals surface area (Å²) in [5, 5.41) is 0. The molecule has 4 aliphatic rings. The summed E-state index contributed by atoms with van der Waals surface area (Å²) in [5.41, 5.74) is 3.01. The average Bonchev–Trinajstić information content (AvgIpc) is 3.20. The Morgan fingerprint density at radius 1 is 1.00 bits per heavy atom. The number of benzene rings is 2. The van der Waals surface area contributed by atoms with Gasteiger partial charge in [0.25, 0.3) is 0 Å². The molecule has 3 aromatic rings. The van der Waals surface area contributed by atoms with E-state index in [1.807, 2.05) is 66.9 Å².